The highest BCUT2D eigenvalue weighted by molar-refractivity contribution is 6.03. The number of nitrogens with zero attached hydrogens (tertiary/aromatic N) is 4. The normalized spacial score (nSPS) is 18.8. The van der Waals surface area contributed by atoms with Gasteiger partial charge in [0.1, 0.15) is 0 Å². The lowest BCUT2D eigenvalue weighted by Gasteiger charge is -2.40. The van der Waals surface area contributed by atoms with Crippen LogP contribution in [0.3, 0.4) is 0 Å². The van der Waals surface area contributed by atoms with E-state index in [1.807, 2.05) is 12.1 Å². The topological polar surface area (TPSA) is 121 Å². The van der Waals surface area contributed by atoms with E-state index in [4.69, 9.17) is 7.58 Å². The van der Waals surface area contributed by atoms with Crippen LogP contribution in [0.2, 0.25) is 0 Å². The second-order valence-electron chi connectivity index (χ2n) is 13.5. The van der Waals surface area contributed by atoms with Crippen molar-refractivity contribution in [3.8, 4) is 11.1 Å². The highest BCUT2D eigenvalue weighted by Gasteiger charge is 2.37. The van der Waals surface area contributed by atoms with Gasteiger partial charge in [-0.05, 0) is 91.8 Å². The van der Waals surface area contributed by atoms with E-state index in [9.17, 15) is 24.0 Å². The molecule has 3 heterocycles. The fourth-order valence-corrected chi connectivity index (χ4v) is 7.49. The first-order chi connectivity index (χ1) is 26.2. The molecule has 1 fully saturated rings. The van der Waals surface area contributed by atoms with E-state index in [0.29, 0.717) is 36.8 Å². The Morgan fingerprint density at radius 2 is 1.60 bits per heavy atom. The van der Waals surface area contributed by atoms with E-state index < -0.39 is 17.8 Å². The first-order valence-corrected chi connectivity index (χ1v) is 17.6. The number of nitrogens with one attached hydrogen (secondary N) is 1. The largest absolute Gasteiger partial charge is 0.363 e. The van der Waals surface area contributed by atoms with Crippen LogP contribution in [0, 0.1) is 5.92 Å². The molecule has 4 aromatic rings. The van der Waals surface area contributed by atoms with Gasteiger partial charge in [-0.2, -0.15) is 0 Å². The number of carbonyl (C=O) groups excluding carboxylic acids is 5. The number of aromatic nitrogens is 1. The number of carbonyl (C=O) groups is 5. The molecule has 2 aliphatic heterocycles. The third-order valence-electron chi connectivity index (χ3n) is 10.3. The van der Waals surface area contributed by atoms with Crippen molar-refractivity contribution in [2.24, 2.45) is 5.92 Å². The number of hydrogen-bond donors (Lipinski definition) is 1. The van der Waals surface area contributed by atoms with Crippen LogP contribution >= 0.6 is 0 Å². The number of hydroxylamine groups is 2. The Labute approximate surface area is 305 Å². The third-order valence-corrected chi connectivity index (χ3v) is 10.3. The van der Waals surface area contributed by atoms with Gasteiger partial charge in [-0.15, -0.1) is 5.06 Å². The highest BCUT2D eigenvalue weighted by Crippen LogP contribution is 2.42. The summed E-state index contributed by atoms with van der Waals surface area (Å²) >= 11 is 0. The van der Waals surface area contributed by atoms with Crippen LogP contribution in [0.15, 0.2) is 79.0 Å². The Morgan fingerprint density at radius 1 is 0.923 bits per heavy atom. The number of fused-ring (bicyclic) bond motifs is 2. The van der Waals surface area contributed by atoms with Crippen LogP contribution < -0.4 is 5.32 Å². The molecule has 2 atom stereocenters. The van der Waals surface area contributed by atoms with Crippen molar-refractivity contribution in [1.29, 1.82) is 0 Å². The highest BCUT2D eigenvalue weighted by atomic mass is 16.7. The predicted molar refractivity (Wildman–Crippen MR) is 197 cm³/mol. The Bertz CT molecular complexity index is 2110. The summed E-state index contributed by atoms with van der Waals surface area (Å²) in [5.41, 5.74) is 7.13. The van der Waals surface area contributed by atoms with Gasteiger partial charge in [0, 0.05) is 77.0 Å². The quantitative estimate of drug-likeness (QED) is 0.171. The fraction of sp³-hybridized carbons (Fsp3) is 0.341. The van der Waals surface area contributed by atoms with Gasteiger partial charge in [-0.1, -0.05) is 42.5 Å². The minimum Gasteiger partial charge on any atom is -0.352 e. The molecule has 1 saturated heterocycles. The molecule has 0 radical (unpaired) electrons. The van der Waals surface area contributed by atoms with Crippen molar-refractivity contribution < 1.29 is 31.6 Å². The van der Waals surface area contributed by atoms with E-state index in [1.165, 1.54) is 16.5 Å². The summed E-state index contributed by atoms with van der Waals surface area (Å²) in [6, 6.07) is 20.3. The minimum atomic E-state index is -0.788. The zero-order valence-electron chi connectivity index (χ0n) is 31.2. The lowest BCUT2D eigenvalue weighted by atomic mass is 9.79. The molecule has 1 N–H and O–H groups in total. The average molecular weight is 704 g/mol. The van der Waals surface area contributed by atoms with E-state index >= 15 is 0 Å². The smallest absolute Gasteiger partial charge is 0.352 e. The van der Waals surface area contributed by atoms with Gasteiger partial charge in [0.25, 0.3) is 17.7 Å². The SMILES string of the molecule is [2H]CCN(CC[2H])C(=O)[C@@H]1C=C2c3cccc4c3c(cn4CCCNC(=O)c3ccc(-c4ccc(C(=O)ON5C(=O)CCC5=O)cc4)cc3)C[C@H]2N(C)C1. The lowest BCUT2D eigenvalue weighted by Crippen LogP contribution is -2.47. The minimum absolute atomic E-state index is 0.00826. The molecular weight excluding hydrogens is 658 g/mol. The molecule has 0 saturated carbocycles. The molecule has 4 amide bonds. The Kier molecular flexibility index (Phi) is 9.08. The standard InChI is InChI=1S/C41H43N5O6/c1-4-44(5-2)40(50)31-22-33-32-8-6-9-34-38(32)30(23-35(33)43(3)24-31)25-45(34)21-7-20-42-39(49)28-14-10-26(11-15-28)27-12-16-29(17-13-27)41(51)52-46-36(47)18-19-37(46)48/h6,8-17,22,25,31,35H,4-5,7,18-21,23-24H2,1-3H3,(H,42,49)/t31-,35-/m1/s1/i1D,2D. The van der Waals surface area contributed by atoms with E-state index in [0.717, 1.165) is 41.6 Å². The average Bonchev–Trinajstić information content (AvgIpc) is 3.71. The molecule has 52 heavy (non-hydrogen) atoms. The molecule has 0 bridgehead atoms. The van der Waals surface area contributed by atoms with Crippen LogP contribution in [0.5, 0.6) is 0 Å². The molecule has 0 unspecified atom stereocenters. The van der Waals surface area contributed by atoms with Gasteiger partial charge < -0.3 is 19.6 Å². The van der Waals surface area contributed by atoms with E-state index in [1.54, 1.807) is 41.3 Å². The summed E-state index contributed by atoms with van der Waals surface area (Å²) in [4.78, 5) is 71.3. The van der Waals surface area contributed by atoms with Crippen LogP contribution in [0.4, 0.5) is 0 Å². The number of benzene rings is 3. The molecule has 3 aromatic carbocycles. The summed E-state index contributed by atoms with van der Waals surface area (Å²) in [7, 11) is 2.07. The molecule has 1 aromatic heterocycles. The van der Waals surface area contributed by atoms with Gasteiger partial charge in [0.05, 0.1) is 11.5 Å². The predicted octanol–water partition coefficient (Wildman–Crippen LogP) is 5.09. The maximum Gasteiger partial charge on any atom is 0.363 e. The number of imide groups is 1. The molecule has 11 heteroatoms. The number of likely N-dealkylation sites (N-methyl/N-ethyl adjacent to an activating group) is 1. The Morgan fingerprint density at radius 3 is 2.27 bits per heavy atom. The summed E-state index contributed by atoms with van der Waals surface area (Å²) in [5, 5.41) is 4.77. The summed E-state index contributed by atoms with van der Waals surface area (Å²) < 4.78 is 17.5. The van der Waals surface area contributed by atoms with Gasteiger partial charge in [0.15, 0.2) is 0 Å². The Balaban J connectivity index is 0.954. The van der Waals surface area contributed by atoms with Crippen molar-refractivity contribution in [1.82, 2.24) is 24.7 Å². The zero-order chi connectivity index (χ0) is 37.9. The maximum atomic E-state index is 13.5. The number of amides is 4. The van der Waals surface area contributed by atoms with Crippen LogP contribution in [-0.2, 0) is 32.2 Å². The van der Waals surface area contributed by atoms with Gasteiger partial charge >= 0.3 is 5.97 Å². The molecule has 3 aliphatic rings. The monoisotopic (exact) mass is 703 g/mol. The molecule has 0 spiro atoms. The van der Waals surface area contributed by atoms with Gasteiger partial charge in [-0.3, -0.25) is 24.1 Å². The molecule has 268 valence electrons. The van der Waals surface area contributed by atoms with Crippen molar-refractivity contribution in [2.75, 3.05) is 33.2 Å². The zero-order valence-corrected chi connectivity index (χ0v) is 29.2. The molecular formula is C41H43N5O6. The van der Waals surface area contributed by atoms with Crippen molar-refractivity contribution in [3.63, 3.8) is 0 Å². The van der Waals surface area contributed by atoms with Crippen molar-refractivity contribution >= 4 is 46.1 Å². The number of rotatable bonds is 11. The number of aryl methyl sites for hydroxylation is 1. The van der Waals surface area contributed by atoms with Gasteiger partial charge in [0.2, 0.25) is 5.91 Å². The lowest BCUT2D eigenvalue weighted by molar-refractivity contribution is -0.172. The van der Waals surface area contributed by atoms with E-state index in [2.05, 4.69) is 52.3 Å². The van der Waals surface area contributed by atoms with Crippen LogP contribution in [0.25, 0.3) is 27.6 Å². The first-order valence-electron chi connectivity index (χ1n) is 19.0. The van der Waals surface area contributed by atoms with Gasteiger partial charge in [-0.25, -0.2) is 4.79 Å². The first kappa shape index (κ1) is 32.4. The molecule has 11 nitrogen and oxygen atoms in total. The summed E-state index contributed by atoms with van der Waals surface area (Å²) in [6.45, 7) is 2.76. The third kappa shape index (κ3) is 6.64. The summed E-state index contributed by atoms with van der Waals surface area (Å²) in [5.74, 6) is -2.35. The number of hydrogen-bond acceptors (Lipinski definition) is 7. The Hall–Kier alpha value is -5.55. The second-order valence-corrected chi connectivity index (χ2v) is 13.5. The molecule has 7 rings (SSSR count). The molecule has 1 aliphatic carbocycles. The second kappa shape index (κ2) is 14.6. The fourth-order valence-electron chi connectivity index (χ4n) is 7.49. The van der Waals surface area contributed by atoms with Crippen LogP contribution in [-0.4, -0.2) is 88.3 Å². The van der Waals surface area contributed by atoms with Crippen molar-refractivity contribution in [3.05, 3.63) is 101 Å². The van der Waals surface area contributed by atoms with Crippen LogP contribution in [0.1, 0.15) is 67.6 Å². The van der Waals surface area contributed by atoms with E-state index in [-0.39, 0.29) is 56.0 Å². The summed E-state index contributed by atoms with van der Waals surface area (Å²) in [6.07, 6.45) is 6.00. The maximum absolute atomic E-state index is 13.5. The van der Waals surface area contributed by atoms with Crippen molar-refractivity contribution in [2.45, 2.75) is 52.1 Å².